The fourth-order valence-corrected chi connectivity index (χ4v) is 1.49. The number of carbonyl (C=O) groups is 2. The van der Waals surface area contributed by atoms with Crippen molar-refractivity contribution in [2.75, 3.05) is 19.6 Å². The number of carbonyl (C=O) groups excluding carboxylic acids is 2. The minimum atomic E-state index is -0.592. The van der Waals surface area contributed by atoms with E-state index < -0.39 is 5.97 Å². The fraction of sp³-hybridized carbons (Fsp3) is 0.200. The minimum absolute atomic E-state index is 0.0520. The second kappa shape index (κ2) is 3.73. The molecule has 6 heteroatoms. The molecule has 16 heavy (non-hydrogen) atoms. The Morgan fingerprint density at radius 3 is 2.81 bits per heavy atom. The van der Waals surface area contributed by atoms with Crippen LogP contribution in [0.5, 0.6) is 11.5 Å². The molecule has 0 saturated heterocycles. The summed E-state index contributed by atoms with van der Waals surface area (Å²) in [6.45, 7) is -0.0520. The van der Waals surface area contributed by atoms with Gasteiger partial charge in [0.2, 0.25) is 6.79 Å². The average molecular weight is 223 g/mol. The van der Waals surface area contributed by atoms with Crippen molar-refractivity contribution in [3.8, 4) is 11.5 Å². The first-order chi connectivity index (χ1) is 7.69. The van der Waals surface area contributed by atoms with E-state index in [1.54, 1.807) is 0 Å². The van der Waals surface area contributed by atoms with Gasteiger partial charge in [-0.3, -0.25) is 4.79 Å². The molecular weight excluding hydrogens is 214 g/mol. The zero-order valence-electron chi connectivity index (χ0n) is 8.48. The summed E-state index contributed by atoms with van der Waals surface area (Å²) in [4.78, 5) is 22.2. The highest BCUT2D eigenvalue weighted by Crippen LogP contribution is 2.41. The Morgan fingerprint density at radius 1 is 1.50 bits per heavy atom. The van der Waals surface area contributed by atoms with Crippen LogP contribution in [0.3, 0.4) is 0 Å². The molecule has 1 aliphatic rings. The van der Waals surface area contributed by atoms with Gasteiger partial charge in [0.05, 0.1) is 12.7 Å². The average Bonchev–Trinajstić information content (AvgIpc) is 2.75. The second-order valence-electron chi connectivity index (χ2n) is 3.10. The molecule has 0 aliphatic carbocycles. The topological polar surface area (TPSA) is 87.9 Å². The smallest absolute Gasteiger partial charge is 0.341 e. The van der Waals surface area contributed by atoms with Crippen molar-refractivity contribution in [3.05, 3.63) is 17.2 Å². The summed E-state index contributed by atoms with van der Waals surface area (Å²) in [6.07, 6.45) is 0.559. The summed E-state index contributed by atoms with van der Waals surface area (Å²) < 4.78 is 14.8. The van der Waals surface area contributed by atoms with Crippen molar-refractivity contribution in [3.63, 3.8) is 0 Å². The molecule has 2 rings (SSSR count). The number of nitrogens with two attached hydrogens (primary N) is 1. The third-order valence-electron chi connectivity index (χ3n) is 2.24. The van der Waals surface area contributed by atoms with E-state index >= 15 is 0 Å². The van der Waals surface area contributed by atoms with E-state index in [1.165, 1.54) is 13.2 Å². The van der Waals surface area contributed by atoms with Gasteiger partial charge in [-0.15, -0.1) is 0 Å². The van der Waals surface area contributed by atoms with Crippen molar-refractivity contribution in [1.82, 2.24) is 0 Å². The minimum Gasteiger partial charge on any atom is -0.465 e. The normalized spacial score (nSPS) is 12.3. The summed E-state index contributed by atoms with van der Waals surface area (Å²) in [7, 11) is 1.24. The number of esters is 1. The van der Waals surface area contributed by atoms with E-state index in [-0.39, 0.29) is 35.1 Å². The Morgan fingerprint density at radius 2 is 2.19 bits per heavy atom. The van der Waals surface area contributed by atoms with Crippen LogP contribution < -0.4 is 15.2 Å². The van der Waals surface area contributed by atoms with Crippen molar-refractivity contribution in [1.29, 1.82) is 0 Å². The number of anilines is 1. The standard InChI is InChI=1S/C10H9NO5/c1-14-10(13)5-2-7(11)6(3-12)9-8(5)15-4-16-9/h2-3H,4,11H2,1H3. The van der Waals surface area contributed by atoms with Crippen molar-refractivity contribution < 1.29 is 23.8 Å². The molecule has 0 aromatic heterocycles. The van der Waals surface area contributed by atoms with Gasteiger partial charge in [-0.2, -0.15) is 0 Å². The highest BCUT2D eigenvalue weighted by Gasteiger charge is 2.27. The Balaban J connectivity index is 2.66. The number of benzene rings is 1. The van der Waals surface area contributed by atoms with Gasteiger partial charge in [0.1, 0.15) is 5.56 Å². The SMILES string of the molecule is COC(=O)c1cc(N)c(C=O)c2c1OCO2. The van der Waals surface area contributed by atoms with Gasteiger partial charge in [0, 0.05) is 5.69 Å². The van der Waals surface area contributed by atoms with Crippen molar-refractivity contribution in [2.24, 2.45) is 0 Å². The van der Waals surface area contributed by atoms with Crippen LogP contribution in [0.2, 0.25) is 0 Å². The van der Waals surface area contributed by atoms with Crippen LogP contribution in [0, 0.1) is 0 Å². The summed E-state index contributed by atoms with van der Waals surface area (Å²) in [6, 6.07) is 1.34. The Labute approximate surface area is 90.9 Å². The van der Waals surface area contributed by atoms with Gasteiger partial charge in [0.25, 0.3) is 0 Å². The first-order valence-corrected chi connectivity index (χ1v) is 4.44. The van der Waals surface area contributed by atoms with E-state index in [1.807, 2.05) is 0 Å². The molecular formula is C10H9NO5. The molecule has 1 aromatic rings. The number of rotatable bonds is 2. The number of ether oxygens (including phenoxy) is 3. The van der Waals surface area contributed by atoms with Crippen molar-refractivity contribution in [2.45, 2.75) is 0 Å². The molecule has 0 saturated carbocycles. The largest absolute Gasteiger partial charge is 0.465 e. The van der Waals surface area contributed by atoms with E-state index in [4.69, 9.17) is 15.2 Å². The summed E-state index contributed by atoms with van der Waals surface area (Å²) in [5, 5.41) is 0. The first-order valence-electron chi connectivity index (χ1n) is 4.44. The van der Waals surface area contributed by atoms with E-state index in [0.717, 1.165) is 0 Å². The zero-order valence-corrected chi connectivity index (χ0v) is 8.48. The molecule has 0 bridgehead atoms. The van der Waals surface area contributed by atoms with E-state index in [0.29, 0.717) is 6.29 Å². The van der Waals surface area contributed by atoms with Gasteiger partial charge in [0.15, 0.2) is 17.8 Å². The third kappa shape index (κ3) is 1.35. The molecule has 0 amide bonds. The van der Waals surface area contributed by atoms with Crippen molar-refractivity contribution >= 4 is 17.9 Å². The molecule has 0 fully saturated rings. The lowest BCUT2D eigenvalue weighted by molar-refractivity contribution is 0.0596. The molecule has 2 N–H and O–H groups in total. The van der Waals surface area contributed by atoms with Crippen LogP contribution in [0.4, 0.5) is 5.69 Å². The number of aldehydes is 1. The van der Waals surface area contributed by atoms with Crippen LogP contribution in [-0.2, 0) is 4.74 Å². The Hall–Kier alpha value is -2.24. The number of nitrogen functional groups attached to an aromatic ring is 1. The maximum atomic E-state index is 11.4. The predicted octanol–water partition coefficient (Wildman–Crippen LogP) is 0.597. The first kappa shape index (κ1) is 10.3. The van der Waals surface area contributed by atoms with E-state index in [2.05, 4.69) is 4.74 Å². The molecule has 0 unspecified atom stereocenters. The second-order valence-corrected chi connectivity index (χ2v) is 3.10. The Kier molecular flexibility index (Phi) is 2.40. The number of hydrogen-bond acceptors (Lipinski definition) is 6. The van der Waals surface area contributed by atoms with Crippen LogP contribution in [0.1, 0.15) is 20.7 Å². The lowest BCUT2D eigenvalue weighted by Crippen LogP contribution is -2.05. The Bertz CT molecular complexity index is 469. The number of fused-ring (bicyclic) bond motifs is 1. The summed E-state index contributed by atoms with van der Waals surface area (Å²) >= 11 is 0. The maximum Gasteiger partial charge on any atom is 0.341 e. The molecule has 6 nitrogen and oxygen atoms in total. The molecule has 0 spiro atoms. The fourth-order valence-electron chi connectivity index (χ4n) is 1.49. The van der Waals surface area contributed by atoms with Gasteiger partial charge in [-0.1, -0.05) is 0 Å². The van der Waals surface area contributed by atoms with Gasteiger partial charge in [-0.05, 0) is 6.07 Å². The maximum absolute atomic E-state index is 11.4. The van der Waals surface area contributed by atoms with Gasteiger partial charge >= 0.3 is 5.97 Å². The molecule has 0 radical (unpaired) electrons. The number of hydrogen-bond donors (Lipinski definition) is 1. The summed E-state index contributed by atoms with van der Waals surface area (Å²) in [5.74, 6) is -0.204. The third-order valence-corrected chi connectivity index (χ3v) is 2.24. The van der Waals surface area contributed by atoms with Crippen LogP contribution in [0.25, 0.3) is 0 Å². The van der Waals surface area contributed by atoms with Crippen LogP contribution in [0.15, 0.2) is 6.07 Å². The predicted molar refractivity (Wildman–Crippen MR) is 53.7 cm³/mol. The molecule has 84 valence electrons. The summed E-state index contributed by atoms with van der Waals surface area (Å²) in [5.41, 5.74) is 6.11. The lowest BCUT2D eigenvalue weighted by Gasteiger charge is -2.07. The van der Waals surface area contributed by atoms with Gasteiger partial charge < -0.3 is 19.9 Å². The molecule has 1 aromatic carbocycles. The van der Waals surface area contributed by atoms with E-state index in [9.17, 15) is 9.59 Å². The lowest BCUT2D eigenvalue weighted by atomic mass is 10.1. The molecule has 0 atom stereocenters. The monoisotopic (exact) mass is 223 g/mol. The quantitative estimate of drug-likeness (QED) is 0.448. The highest BCUT2D eigenvalue weighted by molar-refractivity contribution is 5.99. The van der Waals surface area contributed by atoms with Crippen LogP contribution in [-0.4, -0.2) is 26.2 Å². The molecule has 1 heterocycles. The zero-order chi connectivity index (χ0) is 11.7. The van der Waals surface area contributed by atoms with Crippen LogP contribution >= 0.6 is 0 Å². The highest BCUT2D eigenvalue weighted by atomic mass is 16.7. The van der Waals surface area contributed by atoms with Gasteiger partial charge in [-0.25, -0.2) is 4.79 Å². The molecule has 1 aliphatic heterocycles. The number of methoxy groups -OCH3 is 1.